The molecule has 21 heavy (non-hydrogen) atoms. The Labute approximate surface area is 126 Å². The molecule has 1 heterocycles. The highest BCUT2D eigenvalue weighted by molar-refractivity contribution is 7.21. The number of hydrogen-bond acceptors (Lipinski definition) is 4. The van der Waals surface area contributed by atoms with E-state index in [1.54, 1.807) is 30.2 Å². The molecule has 1 amide bonds. The normalized spacial score (nSPS) is 10.8. The number of benzene rings is 1. The number of methoxy groups -OCH3 is 1. The molecule has 112 valence electrons. The van der Waals surface area contributed by atoms with E-state index in [1.807, 2.05) is 0 Å². The Hall–Kier alpha value is -1.92. The molecule has 0 saturated carbocycles. The van der Waals surface area contributed by atoms with Crippen molar-refractivity contribution in [2.24, 2.45) is 0 Å². The van der Waals surface area contributed by atoms with Crippen LogP contribution >= 0.6 is 11.3 Å². The number of nitrogens with zero attached hydrogens (tertiary/aromatic N) is 1. The first-order valence-electron chi connectivity index (χ1n) is 6.45. The predicted octanol–water partition coefficient (Wildman–Crippen LogP) is 2.90. The largest absolute Gasteiger partial charge is 0.397 e. The van der Waals surface area contributed by atoms with E-state index in [2.05, 4.69) is 6.58 Å². The van der Waals surface area contributed by atoms with Gasteiger partial charge in [-0.05, 0) is 12.1 Å². The minimum atomic E-state index is -0.410. The lowest BCUT2D eigenvalue weighted by atomic mass is 10.2. The van der Waals surface area contributed by atoms with Crippen molar-refractivity contribution in [1.29, 1.82) is 0 Å². The fraction of sp³-hybridized carbons (Fsp3) is 0.267. The number of thiophene rings is 1. The number of rotatable bonds is 6. The average molecular weight is 308 g/mol. The summed E-state index contributed by atoms with van der Waals surface area (Å²) in [5.41, 5.74) is 6.17. The molecule has 0 aliphatic rings. The number of hydrogen-bond donors (Lipinski definition) is 1. The predicted molar refractivity (Wildman–Crippen MR) is 84.2 cm³/mol. The Kier molecular flexibility index (Phi) is 4.93. The number of anilines is 1. The van der Waals surface area contributed by atoms with Gasteiger partial charge in [0, 0.05) is 24.9 Å². The van der Waals surface area contributed by atoms with Gasteiger partial charge >= 0.3 is 0 Å². The van der Waals surface area contributed by atoms with Crippen LogP contribution in [-0.4, -0.2) is 37.6 Å². The Balaban J connectivity index is 2.39. The third kappa shape index (κ3) is 3.06. The second kappa shape index (κ2) is 6.69. The first kappa shape index (κ1) is 15.5. The topological polar surface area (TPSA) is 55.6 Å². The third-order valence-electron chi connectivity index (χ3n) is 3.10. The molecule has 2 aromatic rings. The molecule has 0 unspecified atom stereocenters. The van der Waals surface area contributed by atoms with E-state index < -0.39 is 5.82 Å². The van der Waals surface area contributed by atoms with Gasteiger partial charge in [-0.15, -0.1) is 17.9 Å². The zero-order chi connectivity index (χ0) is 15.4. The van der Waals surface area contributed by atoms with E-state index in [-0.39, 0.29) is 11.6 Å². The number of fused-ring (bicyclic) bond motifs is 1. The van der Waals surface area contributed by atoms with Crippen LogP contribution in [0.3, 0.4) is 0 Å². The Morgan fingerprint density at radius 3 is 2.95 bits per heavy atom. The maximum atomic E-state index is 13.8. The average Bonchev–Trinajstić information content (AvgIpc) is 2.81. The smallest absolute Gasteiger partial charge is 0.266 e. The van der Waals surface area contributed by atoms with E-state index in [9.17, 15) is 9.18 Å². The van der Waals surface area contributed by atoms with Gasteiger partial charge in [-0.2, -0.15) is 0 Å². The summed E-state index contributed by atoms with van der Waals surface area (Å²) in [6.07, 6.45) is 1.64. The van der Waals surface area contributed by atoms with Crippen molar-refractivity contribution in [1.82, 2.24) is 4.90 Å². The number of carbonyl (C=O) groups excluding carboxylic acids is 1. The zero-order valence-electron chi connectivity index (χ0n) is 11.8. The van der Waals surface area contributed by atoms with Crippen molar-refractivity contribution < 1.29 is 13.9 Å². The monoisotopic (exact) mass is 308 g/mol. The summed E-state index contributed by atoms with van der Waals surface area (Å²) >= 11 is 1.20. The Morgan fingerprint density at radius 2 is 2.33 bits per heavy atom. The van der Waals surface area contributed by atoms with Crippen molar-refractivity contribution in [3.63, 3.8) is 0 Å². The Morgan fingerprint density at radius 1 is 1.57 bits per heavy atom. The number of nitrogen functional groups attached to an aromatic ring is 1. The zero-order valence-corrected chi connectivity index (χ0v) is 12.6. The highest BCUT2D eigenvalue weighted by atomic mass is 32.1. The lowest BCUT2D eigenvalue weighted by molar-refractivity contribution is 0.0724. The van der Waals surface area contributed by atoms with Gasteiger partial charge in [0.2, 0.25) is 0 Å². The molecule has 1 aromatic carbocycles. The summed E-state index contributed by atoms with van der Waals surface area (Å²) in [5.74, 6) is -0.641. The molecule has 4 nitrogen and oxygen atoms in total. The molecule has 6 heteroatoms. The quantitative estimate of drug-likeness (QED) is 0.835. The second-order valence-corrected chi connectivity index (χ2v) is 5.54. The van der Waals surface area contributed by atoms with Crippen molar-refractivity contribution >= 4 is 33.0 Å². The van der Waals surface area contributed by atoms with Gasteiger partial charge in [0.15, 0.2) is 0 Å². The van der Waals surface area contributed by atoms with Crippen LogP contribution in [0.25, 0.3) is 10.1 Å². The number of nitrogens with two attached hydrogens (primary N) is 1. The van der Waals surface area contributed by atoms with E-state index in [0.29, 0.717) is 34.7 Å². The molecule has 1 aromatic heterocycles. The summed E-state index contributed by atoms with van der Waals surface area (Å²) in [7, 11) is 1.57. The molecule has 0 saturated heterocycles. The Bertz CT molecular complexity index is 669. The molecule has 0 aliphatic carbocycles. The van der Waals surface area contributed by atoms with E-state index in [4.69, 9.17) is 10.5 Å². The molecule has 0 radical (unpaired) electrons. The summed E-state index contributed by atoms with van der Waals surface area (Å²) in [5, 5.41) is 0.316. The summed E-state index contributed by atoms with van der Waals surface area (Å²) < 4.78 is 19.5. The molecule has 0 atom stereocenters. The van der Waals surface area contributed by atoms with Gasteiger partial charge in [-0.25, -0.2) is 4.39 Å². The summed E-state index contributed by atoms with van der Waals surface area (Å²) in [6, 6.07) is 4.70. The third-order valence-corrected chi connectivity index (χ3v) is 4.26. The van der Waals surface area contributed by atoms with E-state index in [0.717, 1.165) is 0 Å². The number of carbonyl (C=O) groups is 1. The lowest BCUT2D eigenvalue weighted by Gasteiger charge is -2.20. The van der Waals surface area contributed by atoms with Crippen LogP contribution in [0.4, 0.5) is 10.1 Å². The van der Waals surface area contributed by atoms with Crippen LogP contribution in [0, 0.1) is 5.82 Å². The van der Waals surface area contributed by atoms with Gasteiger partial charge < -0.3 is 15.4 Å². The molecule has 2 N–H and O–H groups in total. The van der Waals surface area contributed by atoms with Crippen molar-refractivity contribution in [3.8, 4) is 0 Å². The maximum absolute atomic E-state index is 13.8. The molecule has 2 rings (SSSR count). The molecular weight excluding hydrogens is 291 g/mol. The highest BCUT2D eigenvalue weighted by Gasteiger charge is 2.22. The van der Waals surface area contributed by atoms with Crippen molar-refractivity contribution in [3.05, 3.63) is 41.5 Å². The fourth-order valence-electron chi connectivity index (χ4n) is 2.06. The van der Waals surface area contributed by atoms with Gasteiger partial charge in [0.25, 0.3) is 5.91 Å². The number of ether oxygens (including phenoxy) is 1. The number of halogens is 1. The van der Waals surface area contributed by atoms with Gasteiger partial charge in [-0.3, -0.25) is 4.79 Å². The van der Waals surface area contributed by atoms with Crippen LogP contribution in [0.15, 0.2) is 30.9 Å². The first-order chi connectivity index (χ1) is 10.1. The minimum absolute atomic E-state index is 0.199. The molecule has 0 bridgehead atoms. The maximum Gasteiger partial charge on any atom is 0.266 e. The second-order valence-electron chi connectivity index (χ2n) is 4.49. The molecule has 0 aliphatic heterocycles. The SMILES string of the molecule is C=CCN(CCOC)C(=O)c1sc2cccc(F)c2c1N. The molecule has 0 fully saturated rings. The first-order valence-corrected chi connectivity index (χ1v) is 7.27. The molecule has 0 spiro atoms. The van der Waals surface area contributed by atoms with Crippen molar-refractivity contribution in [2.75, 3.05) is 32.5 Å². The summed E-state index contributed by atoms with van der Waals surface area (Å²) in [4.78, 5) is 14.5. The summed E-state index contributed by atoms with van der Waals surface area (Å²) in [6.45, 7) is 4.87. The molecular formula is C15H17FN2O2S. The standard InChI is InChI=1S/C15H17FN2O2S/c1-3-7-18(8-9-20-2)15(19)14-13(17)12-10(16)5-4-6-11(12)21-14/h3-6H,1,7-9,17H2,2H3. The van der Waals surface area contributed by atoms with Crippen LogP contribution in [-0.2, 0) is 4.74 Å². The van der Waals surface area contributed by atoms with Crippen molar-refractivity contribution in [2.45, 2.75) is 0 Å². The van der Waals surface area contributed by atoms with Gasteiger partial charge in [-0.1, -0.05) is 12.1 Å². The van der Waals surface area contributed by atoms with Crippen LogP contribution in [0.1, 0.15) is 9.67 Å². The van der Waals surface area contributed by atoms with E-state index >= 15 is 0 Å². The van der Waals surface area contributed by atoms with Crippen LogP contribution in [0.2, 0.25) is 0 Å². The van der Waals surface area contributed by atoms with Crippen LogP contribution in [0.5, 0.6) is 0 Å². The lowest BCUT2D eigenvalue weighted by Crippen LogP contribution is -2.33. The minimum Gasteiger partial charge on any atom is -0.397 e. The van der Waals surface area contributed by atoms with E-state index in [1.165, 1.54) is 17.4 Å². The van der Waals surface area contributed by atoms with Gasteiger partial charge in [0.1, 0.15) is 10.7 Å². The number of amides is 1. The van der Waals surface area contributed by atoms with Gasteiger partial charge in [0.05, 0.1) is 17.7 Å². The fourth-order valence-corrected chi connectivity index (χ4v) is 3.17. The highest BCUT2D eigenvalue weighted by Crippen LogP contribution is 2.35. The van der Waals surface area contributed by atoms with Crippen LogP contribution < -0.4 is 5.73 Å².